The van der Waals surface area contributed by atoms with Crippen LogP contribution in [0.25, 0.3) is 10.4 Å². The molecule has 0 fully saturated rings. The fourth-order valence-corrected chi connectivity index (χ4v) is 3.62. The number of nitrogens with zero attached hydrogens (tertiary/aromatic N) is 4. The van der Waals surface area contributed by atoms with Crippen molar-refractivity contribution in [2.24, 2.45) is 5.11 Å². The predicted molar refractivity (Wildman–Crippen MR) is 90.5 cm³/mol. The summed E-state index contributed by atoms with van der Waals surface area (Å²) >= 11 is 0. The summed E-state index contributed by atoms with van der Waals surface area (Å²) in [5, 5.41) is 1.88. The number of anilines is 1. The smallest absolute Gasteiger partial charge is 0.272 e. The van der Waals surface area contributed by atoms with E-state index in [4.69, 9.17) is 5.53 Å². The molecule has 0 aliphatic heterocycles. The predicted octanol–water partition coefficient (Wildman–Crippen LogP) is 2.48. The van der Waals surface area contributed by atoms with Crippen LogP contribution in [0.3, 0.4) is 0 Å². The monoisotopic (exact) mass is 378 g/mol. The highest BCUT2D eigenvalue weighted by molar-refractivity contribution is 7.87. The Kier molecular flexibility index (Phi) is 7.96. The molecule has 0 heterocycles. The highest BCUT2D eigenvalue weighted by Crippen LogP contribution is 2.19. The highest BCUT2D eigenvalue weighted by Gasteiger charge is 2.24. The number of azide groups is 1. The SMILES string of the molecule is Cc1ccc(N(CCCC(CCN=[N+]=[N-])S(=O)(=O)F)[SH](=O)=O)cc1. The van der Waals surface area contributed by atoms with Crippen molar-refractivity contribution >= 4 is 26.8 Å². The second-order valence-electron chi connectivity index (χ2n) is 5.18. The molecule has 0 spiro atoms. The summed E-state index contributed by atoms with van der Waals surface area (Å²) in [6.45, 7) is 1.77. The fraction of sp³-hybridized carbons (Fsp3) is 0.538. The van der Waals surface area contributed by atoms with Crippen LogP contribution in [0.1, 0.15) is 24.8 Å². The van der Waals surface area contributed by atoms with E-state index in [1.165, 1.54) is 0 Å². The Labute approximate surface area is 142 Å². The summed E-state index contributed by atoms with van der Waals surface area (Å²) in [5.74, 6) is 0. The Morgan fingerprint density at radius 1 is 1.29 bits per heavy atom. The van der Waals surface area contributed by atoms with Gasteiger partial charge in [0.15, 0.2) is 0 Å². The van der Waals surface area contributed by atoms with Crippen molar-refractivity contribution in [2.75, 3.05) is 17.4 Å². The third-order valence-electron chi connectivity index (χ3n) is 3.44. The molecule has 11 heteroatoms. The van der Waals surface area contributed by atoms with Crippen LogP contribution in [0.5, 0.6) is 0 Å². The van der Waals surface area contributed by atoms with Gasteiger partial charge < -0.3 is 0 Å². The van der Waals surface area contributed by atoms with E-state index in [0.29, 0.717) is 5.69 Å². The maximum atomic E-state index is 13.2. The van der Waals surface area contributed by atoms with Gasteiger partial charge in [0.25, 0.3) is 0 Å². The second-order valence-corrected chi connectivity index (χ2v) is 7.76. The van der Waals surface area contributed by atoms with E-state index < -0.39 is 26.4 Å². The first-order valence-electron chi connectivity index (χ1n) is 7.18. The van der Waals surface area contributed by atoms with E-state index in [0.717, 1.165) is 9.87 Å². The van der Waals surface area contributed by atoms with Crippen LogP contribution >= 0.6 is 0 Å². The zero-order valence-corrected chi connectivity index (χ0v) is 14.8. The van der Waals surface area contributed by atoms with Crippen LogP contribution in [0, 0.1) is 6.92 Å². The molecule has 0 amide bonds. The van der Waals surface area contributed by atoms with Gasteiger partial charge in [0, 0.05) is 18.0 Å². The summed E-state index contributed by atoms with van der Waals surface area (Å²) in [4.78, 5) is 2.49. The average Bonchev–Trinajstić information content (AvgIpc) is 2.49. The van der Waals surface area contributed by atoms with E-state index in [9.17, 15) is 20.7 Å². The number of hydrogen-bond donors (Lipinski definition) is 1. The molecule has 0 aliphatic carbocycles. The Morgan fingerprint density at radius 2 is 1.92 bits per heavy atom. The van der Waals surface area contributed by atoms with Crippen molar-refractivity contribution < 1.29 is 20.7 Å². The lowest BCUT2D eigenvalue weighted by Gasteiger charge is -2.19. The molecule has 1 aromatic carbocycles. The molecule has 24 heavy (non-hydrogen) atoms. The summed E-state index contributed by atoms with van der Waals surface area (Å²) < 4.78 is 59.3. The Bertz CT molecular complexity index is 751. The minimum atomic E-state index is -4.79. The molecule has 0 bridgehead atoms. The van der Waals surface area contributed by atoms with Gasteiger partial charge in [-0.05, 0) is 43.9 Å². The molecule has 0 aromatic heterocycles. The van der Waals surface area contributed by atoms with E-state index in [2.05, 4.69) is 10.0 Å². The lowest BCUT2D eigenvalue weighted by Crippen LogP contribution is -2.25. The standard InChI is InChI=1S/C13H19FN4O4S2/c1-11-4-6-12(7-5-11)18(23(19)20)10-2-3-13(24(14,21)22)8-9-16-17-15/h4-7,13,23H,2-3,8-10H2,1H3. The van der Waals surface area contributed by atoms with Gasteiger partial charge in [-0.3, -0.25) is 4.31 Å². The average molecular weight is 378 g/mol. The van der Waals surface area contributed by atoms with Crippen molar-refractivity contribution in [3.63, 3.8) is 0 Å². The maximum Gasteiger partial charge on any atom is 0.305 e. The van der Waals surface area contributed by atoms with Crippen molar-refractivity contribution in [3.8, 4) is 0 Å². The first kappa shape index (κ1) is 20.2. The third kappa shape index (κ3) is 6.73. The molecular formula is C13H19FN4O4S2. The lowest BCUT2D eigenvalue weighted by molar-refractivity contribution is 0.514. The van der Waals surface area contributed by atoms with E-state index >= 15 is 0 Å². The van der Waals surface area contributed by atoms with Gasteiger partial charge in [-0.2, -0.15) is 8.42 Å². The lowest BCUT2D eigenvalue weighted by atomic mass is 10.2. The fourth-order valence-electron chi connectivity index (χ4n) is 2.16. The molecule has 134 valence electrons. The minimum Gasteiger partial charge on any atom is -0.272 e. The largest absolute Gasteiger partial charge is 0.305 e. The summed E-state index contributed by atoms with van der Waals surface area (Å²) in [6.07, 6.45) is -0.0521. The number of hydrogen-bond acceptors (Lipinski definition) is 5. The number of halogens is 1. The first-order chi connectivity index (χ1) is 11.3. The molecule has 0 saturated heterocycles. The summed E-state index contributed by atoms with van der Waals surface area (Å²) in [6, 6.07) is 6.81. The zero-order chi connectivity index (χ0) is 18.2. The number of aryl methyl sites for hydroxylation is 1. The molecule has 0 N–H and O–H groups in total. The minimum absolute atomic E-state index is 0.0370. The van der Waals surface area contributed by atoms with Crippen LogP contribution in [0.15, 0.2) is 29.4 Å². The first-order valence-corrected chi connectivity index (χ1v) is 9.76. The Hall–Kier alpha value is -1.84. The Balaban J connectivity index is 2.72. The van der Waals surface area contributed by atoms with Crippen LogP contribution in [0.2, 0.25) is 0 Å². The molecule has 1 rings (SSSR count). The van der Waals surface area contributed by atoms with Crippen LogP contribution < -0.4 is 4.31 Å². The number of thiol groups is 1. The Morgan fingerprint density at radius 3 is 2.42 bits per heavy atom. The zero-order valence-electron chi connectivity index (χ0n) is 13.1. The third-order valence-corrected chi connectivity index (χ3v) is 5.53. The van der Waals surface area contributed by atoms with Crippen molar-refractivity contribution in [2.45, 2.75) is 31.4 Å². The van der Waals surface area contributed by atoms with Crippen LogP contribution in [0.4, 0.5) is 9.57 Å². The van der Waals surface area contributed by atoms with Gasteiger partial charge in [0.1, 0.15) is 0 Å². The summed E-state index contributed by atoms with van der Waals surface area (Å²) in [7, 11) is -7.69. The summed E-state index contributed by atoms with van der Waals surface area (Å²) in [5.41, 5.74) is 9.62. The second kappa shape index (κ2) is 9.45. The molecule has 8 nitrogen and oxygen atoms in total. The van der Waals surface area contributed by atoms with Gasteiger partial charge >= 0.3 is 10.2 Å². The van der Waals surface area contributed by atoms with Gasteiger partial charge in [-0.15, -0.1) is 3.89 Å². The topological polar surface area (TPSA) is 120 Å². The quantitative estimate of drug-likeness (QED) is 0.221. The molecule has 1 atom stereocenters. The molecule has 0 aliphatic rings. The molecule has 0 saturated carbocycles. The van der Waals surface area contributed by atoms with Crippen molar-refractivity contribution in [1.82, 2.24) is 0 Å². The highest BCUT2D eigenvalue weighted by atomic mass is 32.3. The normalized spacial score (nSPS) is 12.6. The van der Waals surface area contributed by atoms with E-state index in [1.54, 1.807) is 24.3 Å². The molecular weight excluding hydrogens is 359 g/mol. The van der Waals surface area contributed by atoms with Crippen molar-refractivity contribution in [1.29, 1.82) is 0 Å². The molecule has 1 unspecified atom stereocenters. The van der Waals surface area contributed by atoms with Crippen LogP contribution in [-0.2, 0) is 21.1 Å². The van der Waals surface area contributed by atoms with Gasteiger partial charge in [-0.25, -0.2) is 8.42 Å². The molecule has 0 radical (unpaired) electrons. The molecule has 1 aromatic rings. The van der Waals surface area contributed by atoms with E-state index in [1.807, 2.05) is 6.92 Å². The van der Waals surface area contributed by atoms with Gasteiger partial charge in [-0.1, -0.05) is 22.8 Å². The van der Waals surface area contributed by atoms with E-state index in [-0.39, 0.29) is 32.4 Å². The van der Waals surface area contributed by atoms with Crippen LogP contribution in [-0.4, -0.2) is 35.2 Å². The van der Waals surface area contributed by atoms with Gasteiger partial charge in [0.05, 0.1) is 10.9 Å². The number of benzene rings is 1. The van der Waals surface area contributed by atoms with Gasteiger partial charge in [0.2, 0.25) is 10.9 Å². The number of rotatable bonds is 10. The maximum absolute atomic E-state index is 13.2. The van der Waals surface area contributed by atoms with Crippen molar-refractivity contribution in [3.05, 3.63) is 40.3 Å².